The summed E-state index contributed by atoms with van der Waals surface area (Å²) in [6, 6.07) is 16.7. The highest BCUT2D eigenvalue weighted by molar-refractivity contribution is 5.95. The van der Waals surface area contributed by atoms with Crippen molar-refractivity contribution in [3.63, 3.8) is 0 Å². The van der Waals surface area contributed by atoms with Crippen LogP contribution in [0.3, 0.4) is 0 Å². The first-order valence-electron chi connectivity index (χ1n) is 7.79. The summed E-state index contributed by atoms with van der Waals surface area (Å²) < 4.78 is 0. The number of carbonyl (C=O) groups is 1. The molecule has 0 aliphatic carbocycles. The van der Waals surface area contributed by atoms with Crippen molar-refractivity contribution in [3.05, 3.63) is 90.0 Å². The molecule has 0 aliphatic heterocycles. The molecule has 6 heteroatoms. The Morgan fingerprint density at radius 3 is 2.48 bits per heavy atom. The lowest BCUT2D eigenvalue weighted by Crippen LogP contribution is -2.44. The highest BCUT2D eigenvalue weighted by Gasteiger charge is 2.44. The fourth-order valence-corrected chi connectivity index (χ4v) is 3.19. The molecule has 0 spiro atoms. The van der Waals surface area contributed by atoms with Crippen molar-refractivity contribution in [2.45, 2.75) is 5.41 Å². The third-order valence-electron chi connectivity index (χ3n) is 4.35. The lowest BCUT2D eigenvalue weighted by atomic mass is 9.71. The van der Waals surface area contributed by atoms with E-state index in [0.29, 0.717) is 16.8 Å². The molecule has 4 rings (SSSR count). The van der Waals surface area contributed by atoms with Gasteiger partial charge in [0.2, 0.25) is 5.91 Å². The maximum Gasteiger partial charge on any atom is 0.238 e. The van der Waals surface area contributed by atoms with E-state index >= 15 is 0 Å². The molecule has 0 fully saturated rings. The van der Waals surface area contributed by atoms with E-state index in [2.05, 4.69) is 20.2 Å². The fourth-order valence-electron chi connectivity index (χ4n) is 3.19. The van der Waals surface area contributed by atoms with Crippen LogP contribution in [0, 0.1) is 0 Å². The molecule has 25 heavy (non-hydrogen) atoms. The lowest BCUT2D eigenvalue weighted by molar-refractivity contribution is -0.121. The van der Waals surface area contributed by atoms with Crippen molar-refractivity contribution in [3.8, 4) is 0 Å². The van der Waals surface area contributed by atoms with Crippen LogP contribution in [0.5, 0.6) is 0 Å². The molecule has 0 radical (unpaired) electrons. The summed E-state index contributed by atoms with van der Waals surface area (Å²) >= 11 is 0. The molecule has 1 amide bonds. The van der Waals surface area contributed by atoms with Gasteiger partial charge in [0.25, 0.3) is 0 Å². The zero-order valence-electron chi connectivity index (χ0n) is 13.3. The first-order chi connectivity index (χ1) is 12.2. The molecule has 3 aromatic heterocycles. The Bertz CT molecular complexity index is 988. The Morgan fingerprint density at radius 2 is 1.76 bits per heavy atom. The summed E-state index contributed by atoms with van der Waals surface area (Å²) in [5.74, 6) is -0.512. The van der Waals surface area contributed by atoms with E-state index in [0.717, 1.165) is 11.1 Å². The van der Waals surface area contributed by atoms with Gasteiger partial charge in [-0.05, 0) is 29.3 Å². The van der Waals surface area contributed by atoms with E-state index in [1.165, 1.54) is 0 Å². The second-order valence-electron chi connectivity index (χ2n) is 5.72. The molecule has 4 aromatic rings. The SMILES string of the molecule is NC(=O)C(c1ccccc1)(c1cccnc1)c1ccc2[nH]ncc2n1. The van der Waals surface area contributed by atoms with Gasteiger partial charge >= 0.3 is 0 Å². The number of benzene rings is 1. The van der Waals surface area contributed by atoms with Crippen molar-refractivity contribution in [2.75, 3.05) is 0 Å². The predicted molar refractivity (Wildman–Crippen MR) is 93.6 cm³/mol. The van der Waals surface area contributed by atoms with Crippen molar-refractivity contribution >= 4 is 16.9 Å². The van der Waals surface area contributed by atoms with Crippen LogP contribution in [0.4, 0.5) is 0 Å². The van der Waals surface area contributed by atoms with Crippen LogP contribution >= 0.6 is 0 Å². The van der Waals surface area contributed by atoms with Crippen LogP contribution < -0.4 is 5.73 Å². The minimum absolute atomic E-state index is 0.512. The molecule has 1 aromatic carbocycles. The molecule has 122 valence electrons. The smallest absolute Gasteiger partial charge is 0.238 e. The molecule has 1 unspecified atom stereocenters. The average molecular weight is 329 g/mol. The first kappa shape index (κ1) is 15.0. The molecule has 6 nitrogen and oxygen atoms in total. The molecular weight excluding hydrogens is 314 g/mol. The summed E-state index contributed by atoms with van der Waals surface area (Å²) in [5.41, 5.74) is 8.13. The predicted octanol–water partition coefficient (Wildman–Crippen LogP) is 2.17. The summed E-state index contributed by atoms with van der Waals surface area (Å²) in [4.78, 5) is 21.7. The zero-order chi connectivity index (χ0) is 17.3. The van der Waals surface area contributed by atoms with Crippen molar-refractivity contribution in [1.82, 2.24) is 20.2 Å². The standard InChI is InChI=1S/C19H15N5O/c20-18(25)19(13-5-2-1-3-6-13,14-7-4-10-21-11-14)17-9-8-15-16(23-17)12-22-24-15/h1-12H,(H2,20,25)(H,22,24). The number of nitrogens with zero attached hydrogens (tertiary/aromatic N) is 3. The Labute approximate surface area is 143 Å². The van der Waals surface area contributed by atoms with Crippen molar-refractivity contribution in [2.24, 2.45) is 5.73 Å². The van der Waals surface area contributed by atoms with E-state index in [1.54, 1.807) is 30.7 Å². The number of rotatable bonds is 4. The van der Waals surface area contributed by atoms with Gasteiger partial charge in [-0.15, -0.1) is 0 Å². The van der Waals surface area contributed by atoms with Crippen LogP contribution in [-0.4, -0.2) is 26.1 Å². The van der Waals surface area contributed by atoms with Crippen molar-refractivity contribution < 1.29 is 4.79 Å². The van der Waals surface area contributed by atoms with E-state index in [9.17, 15) is 4.79 Å². The van der Waals surface area contributed by atoms with Gasteiger partial charge < -0.3 is 5.73 Å². The van der Waals surface area contributed by atoms with Gasteiger partial charge in [0.15, 0.2) is 0 Å². The number of primary amides is 1. The zero-order valence-corrected chi connectivity index (χ0v) is 13.3. The molecule has 3 heterocycles. The van der Waals surface area contributed by atoms with Crippen LogP contribution in [0.2, 0.25) is 0 Å². The second kappa shape index (κ2) is 5.83. The minimum Gasteiger partial charge on any atom is -0.368 e. The number of fused-ring (bicyclic) bond motifs is 1. The molecule has 1 atom stereocenters. The molecule has 0 bridgehead atoms. The van der Waals surface area contributed by atoms with Gasteiger partial charge in [-0.2, -0.15) is 5.10 Å². The Kier molecular flexibility index (Phi) is 3.50. The number of hydrogen-bond donors (Lipinski definition) is 2. The number of pyridine rings is 2. The average Bonchev–Trinajstić information content (AvgIpc) is 3.12. The van der Waals surface area contributed by atoms with Crippen LogP contribution in [-0.2, 0) is 10.2 Å². The van der Waals surface area contributed by atoms with Gasteiger partial charge in [-0.1, -0.05) is 36.4 Å². The molecule has 3 N–H and O–H groups in total. The normalized spacial score (nSPS) is 13.4. The summed E-state index contributed by atoms with van der Waals surface area (Å²) in [6.07, 6.45) is 4.94. The number of H-pyrrole nitrogens is 1. The number of amides is 1. The highest BCUT2D eigenvalue weighted by atomic mass is 16.1. The van der Waals surface area contributed by atoms with Crippen molar-refractivity contribution in [1.29, 1.82) is 0 Å². The maximum atomic E-state index is 12.8. The molecular formula is C19H15N5O. The van der Waals surface area contributed by atoms with Crippen LogP contribution in [0.25, 0.3) is 11.0 Å². The second-order valence-corrected chi connectivity index (χ2v) is 5.72. The summed E-state index contributed by atoms with van der Waals surface area (Å²) in [6.45, 7) is 0. The first-order valence-corrected chi connectivity index (χ1v) is 7.79. The third-order valence-corrected chi connectivity index (χ3v) is 4.35. The van der Waals surface area contributed by atoms with E-state index in [-0.39, 0.29) is 0 Å². The number of nitrogens with two attached hydrogens (primary N) is 1. The third kappa shape index (κ3) is 2.27. The largest absolute Gasteiger partial charge is 0.368 e. The Morgan fingerprint density at radius 1 is 0.960 bits per heavy atom. The topological polar surface area (TPSA) is 97.6 Å². The fraction of sp³-hybridized carbons (Fsp3) is 0.0526. The van der Waals surface area contributed by atoms with E-state index in [1.807, 2.05) is 42.5 Å². The summed E-state index contributed by atoms with van der Waals surface area (Å²) in [5, 5.41) is 6.86. The molecule has 0 saturated heterocycles. The van der Waals surface area contributed by atoms with Crippen LogP contribution in [0.1, 0.15) is 16.8 Å². The number of hydrogen-bond acceptors (Lipinski definition) is 4. The molecule has 0 aliphatic rings. The van der Waals surface area contributed by atoms with Gasteiger partial charge in [0, 0.05) is 12.4 Å². The van der Waals surface area contributed by atoms with Gasteiger partial charge in [-0.25, -0.2) is 4.98 Å². The maximum absolute atomic E-state index is 12.8. The number of aromatic amines is 1. The molecule has 0 saturated carbocycles. The monoisotopic (exact) mass is 329 g/mol. The number of nitrogens with one attached hydrogen (secondary N) is 1. The number of carbonyl (C=O) groups excluding carboxylic acids is 1. The number of aromatic nitrogens is 4. The van der Waals surface area contributed by atoms with Gasteiger partial charge in [0.1, 0.15) is 10.9 Å². The highest BCUT2D eigenvalue weighted by Crippen LogP contribution is 2.38. The summed E-state index contributed by atoms with van der Waals surface area (Å²) in [7, 11) is 0. The quantitative estimate of drug-likeness (QED) is 0.599. The van der Waals surface area contributed by atoms with Gasteiger partial charge in [0.05, 0.1) is 17.4 Å². The Hall–Kier alpha value is -3.54. The van der Waals surface area contributed by atoms with Crippen LogP contribution in [0.15, 0.2) is 73.2 Å². The Balaban J connectivity index is 2.08. The minimum atomic E-state index is -1.24. The van der Waals surface area contributed by atoms with Gasteiger partial charge in [-0.3, -0.25) is 14.9 Å². The van der Waals surface area contributed by atoms with E-state index < -0.39 is 11.3 Å². The lowest BCUT2D eigenvalue weighted by Gasteiger charge is -2.31. The van der Waals surface area contributed by atoms with E-state index in [4.69, 9.17) is 5.73 Å².